The van der Waals surface area contributed by atoms with E-state index in [9.17, 15) is 4.79 Å². The number of carbonyl (C=O) groups is 1. The molecule has 1 fully saturated rings. The van der Waals surface area contributed by atoms with E-state index in [0.717, 1.165) is 28.8 Å². The van der Waals surface area contributed by atoms with E-state index in [-0.39, 0.29) is 11.8 Å². The van der Waals surface area contributed by atoms with E-state index in [1.165, 1.54) is 0 Å². The summed E-state index contributed by atoms with van der Waals surface area (Å²) in [6.45, 7) is 2.61. The number of benzene rings is 1. The molecule has 1 atom stereocenters. The molecule has 1 saturated heterocycles. The minimum absolute atomic E-state index is 0.0744. The van der Waals surface area contributed by atoms with Crippen LogP contribution in [0.1, 0.15) is 23.2 Å². The van der Waals surface area contributed by atoms with Gasteiger partial charge in [-0.05, 0) is 49.6 Å². The van der Waals surface area contributed by atoms with Gasteiger partial charge in [0, 0.05) is 35.5 Å². The number of nitrogens with zero attached hydrogens (tertiary/aromatic N) is 4. The van der Waals surface area contributed by atoms with Crippen molar-refractivity contribution in [3.63, 3.8) is 0 Å². The Morgan fingerprint density at radius 3 is 2.96 bits per heavy atom. The zero-order chi connectivity index (χ0) is 18.8. The van der Waals surface area contributed by atoms with Crippen LogP contribution in [0.3, 0.4) is 0 Å². The van der Waals surface area contributed by atoms with Crippen LogP contribution < -0.4 is 4.90 Å². The van der Waals surface area contributed by atoms with Gasteiger partial charge >= 0.3 is 0 Å². The van der Waals surface area contributed by atoms with E-state index in [0.29, 0.717) is 24.3 Å². The predicted octanol–water partition coefficient (Wildman–Crippen LogP) is 3.25. The first-order chi connectivity index (χ1) is 13.2. The third-order valence-electron chi connectivity index (χ3n) is 5.01. The number of hydrogen-bond acceptors (Lipinski definition) is 4. The van der Waals surface area contributed by atoms with Crippen molar-refractivity contribution in [2.75, 3.05) is 11.4 Å². The Kier molecular flexibility index (Phi) is 4.43. The zero-order valence-corrected chi connectivity index (χ0v) is 15.0. The summed E-state index contributed by atoms with van der Waals surface area (Å²) in [6.07, 6.45) is 5.03. The first-order valence-corrected chi connectivity index (χ1v) is 8.93. The number of H-pyrrole nitrogens is 1. The van der Waals surface area contributed by atoms with Gasteiger partial charge in [-0.2, -0.15) is 10.4 Å². The summed E-state index contributed by atoms with van der Waals surface area (Å²) in [6, 6.07) is 13.5. The van der Waals surface area contributed by atoms with Gasteiger partial charge < -0.3 is 0 Å². The summed E-state index contributed by atoms with van der Waals surface area (Å²) in [5.41, 5.74) is 4.50. The van der Waals surface area contributed by atoms with Crippen LogP contribution in [0, 0.1) is 24.2 Å². The van der Waals surface area contributed by atoms with Crippen LogP contribution in [0.4, 0.5) is 5.82 Å². The second-order valence-electron chi connectivity index (χ2n) is 6.78. The topological polar surface area (TPSA) is 85.7 Å². The van der Waals surface area contributed by atoms with Crippen molar-refractivity contribution in [1.82, 2.24) is 15.2 Å². The maximum Gasteiger partial charge on any atom is 0.231 e. The number of aryl methyl sites for hydroxylation is 1. The Bertz CT molecular complexity index is 1020. The molecule has 1 aliphatic rings. The fourth-order valence-electron chi connectivity index (χ4n) is 3.61. The lowest BCUT2D eigenvalue weighted by Gasteiger charge is -2.17. The van der Waals surface area contributed by atoms with E-state index in [1.54, 1.807) is 17.2 Å². The monoisotopic (exact) mass is 357 g/mol. The fourth-order valence-corrected chi connectivity index (χ4v) is 3.61. The molecule has 0 saturated carbocycles. The SMILES string of the molecule is Cc1nc(N2CCC(Cc3cccc(C#N)c3)C2=O)ccc1-c1cn[nH]c1. The summed E-state index contributed by atoms with van der Waals surface area (Å²) < 4.78 is 0. The molecule has 27 heavy (non-hydrogen) atoms. The van der Waals surface area contributed by atoms with Crippen LogP contribution in [0.2, 0.25) is 0 Å². The summed E-state index contributed by atoms with van der Waals surface area (Å²) in [5, 5.41) is 15.8. The maximum absolute atomic E-state index is 12.9. The van der Waals surface area contributed by atoms with E-state index in [2.05, 4.69) is 21.3 Å². The Hall–Kier alpha value is -3.46. The van der Waals surface area contributed by atoms with Crippen molar-refractivity contribution >= 4 is 11.7 Å². The standard InChI is InChI=1S/C21H19N5O/c1-14-19(18-12-23-24-13-18)5-6-20(25-14)26-8-7-17(21(26)27)10-15-3-2-4-16(9-15)11-22/h2-6,9,12-13,17H,7-8,10H2,1H3,(H,23,24). The summed E-state index contributed by atoms with van der Waals surface area (Å²) >= 11 is 0. The fraction of sp³-hybridized carbons (Fsp3) is 0.238. The quantitative estimate of drug-likeness (QED) is 0.777. The lowest BCUT2D eigenvalue weighted by molar-refractivity contribution is -0.120. The molecule has 0 aliphatic carbocycles. The van der Waals surface area contributed by atoms with Gasteiger partial charge in [0.05, 0.1) is 17.8 Å². The van der Waals surface area contributed by atoms with E-state index in [1.807, 2.05) is 43.5 Å². The highest BCUT2D eigenvalue weighted by Crippen LogP contribution is 2.29. The number of rotatable bonds is 4. The van der Waals surface area contributed by atoms with Crippen LogP contribution in [-0.2, 0) is 11.2 Å². The highest BCUT2D eigenvalue weighted by molar-refractivity contribution is 5.96. The summed E-state index contributed by atoms with van der Waals surface area (Å²) in [5.74, 6) is 0.716. The lowest BCUT2D eigenvalue weighted by atomic mass is 9.97. The third-order valence-corrected chi connectivity index (χ3v) is 5.01. The molecule has 0 spiro atoms. The molecule has 1 aromatic carbocycles. The smallest absolute Gasteiger partial charge is 0.231 e. The second-order valence-corrected chi connectivity index (χ2v) is 6.78. The number of pyridine rings is 1. The molecule has 6 heteroatoms. The number of aromatic amines is 1. The van der Waals surface area contributed by atoms with Crippen molar-refractivity contribution in [1.29, 1.82) is 5.26 Å². The van der Waals surface area contributed by atoms with Gasteiger partial charge in [0.2, 0.25) is 5.91 Å². The molecule has 1 amide bonds. The van der Waals surface area contributed by atoms with Gasteiger partial charge in [-0.25, -0.2) is 4.98 Å². The summed E-state index contributed by atoms with van der Waals surface area (Å²) in [7, 11) is 0. The van der Waals surface area contributed by atoms with Gasteiger partial charge in [0.25, 0.3) is 0 Å². The second kappa shape index (κ2) is 7.04. The molecular formula is C21H19N5O. The molecule has 2 aromatic heterocycles. The number of nitriles is 1. The number of aromatic nitrogens is 3. The maximum atomic E-state index is 12.9. The molecule has 1 unspecified atom stereocenters. The number of nitrogens with one attached hydrogen (secondary N) is 1. The van der Waals surface area contributed by atoms with Crippen molar-refractivity contribution < 1.29 is 4.79 Å². The Morgan fingerprint density at radius 2 is 2.22 bits per heavy atom. The molecule has 134 valence electrons. The third kappa shape index (κ3) is 3.32. The molecule has 0 bridgehead atoms. The van der Waals surface area contributed by atoms with E-state index < -0.39 is 0 Å². The van der Waals surface area contributed by atoms with E-state index in [4.69, 9.17) is 5.26 Å². The molecule has 3 aromatic rings. The number of anilines is 1. The minimum Gasteiger partial charge on any atom is -0.297 e. The average Bonchev–Trinajstić information content (AvgIpc) is 3.33. The van der Waals surface area contributed by atoms with Crippen LogP contribution in [0.15, 0.2) is 48.8 Å². The van der Waals surface area contributed by atoms with Crippen molar-refractivity contribution in [3.05, 3.63) is 65.6 Å². The highest BCUT2D eigenvalue weighted by Gasteiger charge is 2.33. The van der Waals surface area contributed by atoms with Gasteiger partial charge in [-0.3, -0.25) is 14.8 Å². The largest absolute Gasteiger partial charge is 0.297 e. The Labute approximate surface area is 157 Å². The highest BCUT2D eigenvalue weighted by atomic mass is 16.2. The molecule has 1 aliphatic heterocycles. The van der Waals surface area contributed by atoms with Gasteiger partial charge in [-0.15, -0.1) is 0 Å². The van der Waals surface area contributed by atoms with Crippen molar-refractivity contribution in [2.45, 2.75) is 19.8 Å². The number of carbonyl (C=O) groups excluding carboxylic acids is 1. The van der Waals surface area contributed by atoms with Crippen LogP contribution in [0.5, 0.6) is 0 Å². The van der Waals surface area contributed by atoms with Crippen LogP contribution >= 0.6 is 0 Å². The molecule has 4 rings (SSSR count). The molecular weight excluding hydrogens is 338 g/mol. The molecule has 0 radical (unpaired) electrons. The summed E-state index contributed by atoms with van der Waals surface area (Å²) in [4.78, 5) is 19.3. The average molecular weight is 357 g/mol. The van der Waals surface area contributed by atoms with Gasteiger partial charge in [0.15, 0.2) is 0 Å². The van der Waals surface area contributed by atoms with Gasteiger partial charge in [0.1, 0.15) is 5.82 Å². The minimum atomic E-state index is -0.0744. The first kappa shape index (κ1) is 17.0. The predicted molar refractivity (Wildman–Crippen MR) is 102 cm³/mol. The van der Waals surface area contributed by atoms with Crippen LogP contribution in [0.25, 0.3) is 11.1 Å². The Balaban J connectivity index is 1.52. The van der Waals surface area contributed by atoms with E-state index >= 15 is 0 Å². The molecule has 3 heterocycles. The van der Waals surface area contributed by atoms with Crippen molar-refractivity contribution in [3.8, 4) is 17.2 Å². The van der Waals surface area contributed by atoms with Gasteiger partial charge in [-0.1, -0.05) is 12.1 Å². The van der Waals surface area contributed by atoms with Crippen molar-refractivity contribution in [2.24, 2.45) is 5.92 Å². The Morgan fingerprint density at radius 1 is 1.33 bits per heavy atom. The van der Waals surface area contributed by atoms with Crippen LogP contribution in [-0.4, -0.2) is 27.6 Å². The number of hydrogen-bond donors (Lipinski definition) is 1. The number of amides is 1. The lowest BCUT2D eigenvalue weighted by Crippen LogP contribution is -2.28. The molecule has 1 N–H and O–H groups in total. The first-order valence-electron chi connectivity index (χ1n) is 8.93. The zero-order valence-electron chi connectivity index (χ0n) is 15.0. The molecule has 6 nitrogen and oxygen atoms in total. The normalized spacial score (nSPS) is 16.5.